The number of aromatic nitrogens is 2. The Kier molecular flexibility index (Phi) is 7.02. The van der Waals surface area contributed by atoms with Crippen LogP contribution in [0.25, 0.3) is 10.2 Å². The van der Waals surface area contributed by atoms with Crippen molar-refractivity contribution in [3.63, 3.8) is 0 Å². The number of amides is 2. The number of hydrogen-bond acceptors (Lipinski definition) is 6. The van der Waals surface area contributed by atoms with Gasteiger partial charge in [-0.3, -0.25) is 5.32 Å². The zero-order valence-corrected chi connectivity index (χ0v) is 20.3. The number of aliphatic hydroxyl groups is 1. The number of rotatable bonds is 5. The van der Waals surface area contributed by atoms with E-state index in [9.17, 15) is 14.3 Å². The number of urea groups is 1. The van der Waals surface area contributed by atoms with Crippen LogP contribution in [0, 0.1) is 5.82 Å². The standard InChI is InChI=1S/C23H27ClFN5O2S/c1-4-17(14(3)31)15-9-18(24)21(26-11-15)29-7-8-30(13(2)12-29)23(32)28-22-27-19-6-5-16(25)10-20(19)33-22/h5-6,9-11,13-14,17,31H,4,7-8,12H2,1-3H3,(H,27,28,32). The summed E-state index contributed by atoms with van der Waals surface area (Å²) in [5.74, 6) is 0.341. The second-order valence-electron chi connectivity index (χ2n) is 8.38. The van der Waals surface area contributed by atoms with Gasteiger partial charge in [0.05, 0.1) is 21.3 Å². The number of anilines is 2. The molecule has 2 aromatic heterocycles. The van der Waals surface area contributed by atoms with Crippen molar-refractivity contribution in [2.75, 3.05) is 29.9 Å². The second-order valence-corrected chi connectivity index (χ2v) is 9.82. The van der Waals surface area contributed by atoms with E-state index < -0.39 is 6.10 Å². The predicted octanol–water partition coefficient (Wildman–Crippen LogP) is 5.10. The summed E-state index contributed by atoms with van der Waals surface area (Å²) >= 11 is 7.81. The number of fused-ring (bicyclic) bond motifs is 1. The Bertz CT molecular complexity index is 1160. The fourth-order valence-corrected chi connectivity index (χ4v) is 5.48. The molecule has 0 saturated carbocycles. The molecule has 0 bridgehead atoms. The van der Waals surface area contributed by atoms with Crippen molar-refractivity contribution >= 4 is 50.1 Å². The third kappa shape index (κ3) is 5.05. The first-order chi connectivity index (χ1) is 15.8. The molecule has 176 valence electrons. The van der Waals surface area contributed by atoms with Crippen LogP contribution in [0.3, 0.4) is 0 Å². The van der Waals surface area contributed by atoms with Crippen LogP contribution in [0.4, 0.5) is 20.1 Å². The van der Waals surface area contributed by atoms with Crippen LogP contribution in [0.15, 0.2) is 30.5 Å². The minimum absolute atomic E-state index is 0.0116. The van der Waals surface area contributed by atoms with E-state index in [0.29, 0.717) is 45.8 Å². The molecule has 33 heavy (non-hydrogen) atoms. The first-order valence-corrected chi connectivity index (χ1v) is 12.2. The summed E-state index contributed by atoms with van der Waals surface area (Å²) in [7, 11) is 0. The maximum atomic E-state index is 13.4. The molecule has 2 amide bonds. The summed E-state index contributed by atoms with van der Waals surface area (Å²) in [5.41, 5.74) is 1.57. The molecule has 1 aliphatic heterocycles. The van der Waals surface area contributed by atoms with E-state index in [1.54, 1.807) is 24.1 Å². The number of aliphatic hydroxyl groups excluding tert-OH is 1. The molecule has 0 radical (unpaired) electrons. The Labute approximate surface area is 201 Å². The second kappa shape index (κ2) is 9.79. The van der Waals surface area contributed by atoms with E-state index in [1.165, 1.54) is 23.5 Å². The van der Waals surface area contributed by atoms with Gasteiger partial charge in [0.1, 0.15) is 11.6 Å². The lowest BCUT2D eigenvalue weighted by molar-refractivity contribution is 0.159. The molecule has 3 aromatic rings. The van der Waals surface area contributed by atoms with E-state index >= 15 is 0 Å². The molecule has 10 heteroatoms. The molecule has 1 saturated heterocycles. The van der Waals surface area contributed by atoms with Gasteiger partial charge in [-0.15, -0.1) is 0 Å². The molecule has 7 nitrogen and oxygen atoms in total. The average molecular weight is 492 g/mol. The van der Waals surface area contributed by atoms with Gasteiger partial charge in [-0.2, -0.15) is 0 Å². The van der Waals surface area contributed by atoms with Gasteiger partial charge >= 0.3 is 6.03 Å². The Morgan fingerprint density at radius 1 is 1.39 bits per heavy atom. The molecule has 4 rings (SSSR count). The van der Waals surface area contributed by atoms with Crippen molar-refractivity contribution in [3.05, 3.63) is 46.9 Å². The number of nitrogens with one attached hydrogen (secondary N) is 1. The van der Waals surface area contributed by atoms with Crippen LogP contribution < -0.4 is 10.2 Å². The largest absolute Gasteiger partial charge is 0.393 e. The first-order valence-electron chi connectivity index (χ1n) is 11.0. The van der Waals surface area contributed by atoms with E-state index in [4.69, 9.17) is 11.6 Å². The van der Waals surface area contributed by atoms with Crippen molar-refractivity contribution in [2.24, 2.45) is 0 Å². The number of thiazole rings is 1. The number of carbonyl (C=O) groups excluding carboxylic acids is 1. The maximum absolute atomic E-state index is 13.4. The van der Waals surface area contributed by atoms with Gasteiger partial charge in [-0.1, -0.05) is 29.9 Å². The monoisotopic (exact) mass is 491 g/mol. The van der Waals surface area contributed by atoms with Crippen molar-refractivity contribution in [1.82, 2.24) is 14.9 Å². The fraction of sp³-hybridized carbons (Fsp3) is 0.435. The number of halogens is 2. The van der Waals surface area contributed by atoms with E-state index in [0.717, 1.165) is 12.0 Å². The lowest BCUT2D eigenvalue weighted by Crippen LogP contribution is -2.55. The number of nitrogens with zero attached hydrogens (tertiary/aromatic N) is 4. The third-order valence-electron chi connectivity index (χ3n) is 6.05. The molecule has 0 spiro atoms. The van der Waals surface area contributed by atoms with Crippen molar-refractivity contribution in [1.29, 1.82) is 0 Å². The van der Waals surface area contributed by atoms with E-state index in [1.807, 2.05) is 19.9 Å². The van der Waals surface area contributed by atoms with Crippen LogP contribution in [-0.4, -0.2) is 57.8 Å². The molecule has 1 fully saturated rings. The highest BCUT2D eigenvalue weighted by Crippen LogP contribution is 2.32. The molecule has 1 aliphatic rings. The van der Waals surface area contributed by atoms with Gasteiger partial charge in [0.15, 0.2) is 5.13 Å². The highest BCUT2D eigenvalue weighted by molar-refractivity contribution is 7.22. The lowest BCUT2D eigenvalue weighted by Gasteiger charge is -2.40. The fourth-order valence-electron chi connectivity index (χ4n) is 4.30. The maximum Gasteiger partial charge on any atom is 0.324 e. The Morgan fingerprint density at radius 3 is 2.85 bits per heavy atom. The highest BCUT2D eigenvalue weighted by Gasteiger charge is 2.30. The number of pyridine rings is 1. The molecular weight excluding hydrogens is 465 g/mol. The summed E-state index contributed by atoms with van der Waals surface area (Å²) in [5, 5.41) is 13.8. The summed E-state index contributed by atoms with van der Waals surface area (Å²) in [6.07, 6.45) is 2.10. The van der Waals surface area contributed by atoms with Crippen LogP contribution in [0.5, 0.6) is 0 Å². The summed E-state index contributed by atoms with van der Waals surface area (Å²) in [4.78, 5) is 25.7. The Hall–Kier alpha value is -2.49. The van der Waals surface area contributed by atoms with Gasteiger partial charge < -0.3 is 14.9 Å². The zero-order chi connectivity index (χ0) is 23.7. The van der Waals surface area contributed by atoms with E-state index in [2.05, 4.69) is 20.2 Å². The molecule has 3 atom stereocenters. The van der Waals surface area contributed by atoms with Gasteiger partial charge in [0.2, 0.25) is 0 Å². The van der Waals surface area contributed by atoms with Gasteiger partial charge in [0, 0.05) is 37.8 Å². The smallest absolute Gasteiger partial charge is 0.324 e. The number of benzene rings is 1. The van der Waals surface area contributed by atoms with Crippen molar-refractivity contribution in [3.8, 4) is 0 Å². The number of piperazine rings is 1. The molecule has 0 aliphatic carbocycles. The third-order valence-corrected chi connectivity index (χ3v) is 7.26. The van der Waals surface area contributed by atoms with Gasteiger partial charge in [-0.05, 0) is 50.1 Å². The van der Waals surface area contributed by atoms with Crippen LogP contribution in [-0.2, 0) is 0 Å². The zero-order valence-electron chi connectivity index (χ0n) is 18.8. The first kappa shape index (κ1) is 23.7. The molecule has 2 N–H and O–H groups in total. The molecule has 1 aromatic carbocycles. The van der Waals surface area contributed by atoms with Gasteiger partial charge in [-0.25, -0.2) is 19.2 Å². The van der Waals surface area contributed by atoms with Gasteiger partial charge in [0.25, 0.3) is 0 Å². The number of carbonyl (C=O) groups is 1. The average Bonchev–Trinajstić information content (AvgIpc) is 3.15. The normalized spacial score (nSPS) is 18.4. The Balaban J connectivity index is 1.42. The SMILES string of the molecule is CCC(c1cnc(N2CCN(C(=O)Nc3nc4ccc(F)cc4s3)C(C)C2)c(Cl)c1)C(C)O. The highest BCUT2D eigenvalue weighted by atomic mass is 35.5. The van der Waals surface area contributed by atoms with Crippen molar-refractivity contribution in [2.45, 2.75) is 45.3 Å². The summed E-state index contributed by atoms with van der Waals surface area (Å²) < 4.78 is 14.1. The predicted molar refractivity (Wildman–Crippen MR) is 131 cm³/mol. The topological polar surface area (TPSA) is 81.6 Å². The quantitative estimate of drug-likeness (QED) is 0.519. The van der Waals surface area contributed by atoms with Crippen LogP contribution in [0.1, 0.15) is 38.7 Å². The Morgan fingerprint density at radius 2 is 2.18 bits per heavy atom. The minimum Gasteiger partial charge on any atom is -0.393 e. The molecule has 3 heterocycles. The van der Waals surface area contributed by atoms with Crippen molar-refractivity contribution < 1.29 is 14.3 Å². The van der Waals surface area contributed by atoms with E-state index in [-0.39, 0.29) is 23.8 Å². The summed E-state index contributed by atoms with van der Waals surface area (Å²) in [6, 6.07) is 5.93. The van der Waals surface area contributed by atoms with Crippen LogP contribution >= 0.6 is 22.9 Å². The summed E-state index contributed by atoms with van der Waals surface area (Å²) in [6.45, 7) is 7.44. The van der Waals surface area contributed by atoms with Crippen LogP contribution in [0.2, 0.25) is 5.02 Å². The number of hydrogen-bond donors (Lipinski definition) is 2. The molecular formula is C23H27ClFN5O2S. The molecule has 3 unspecified atom stereocenters. The lowest BCUT2D eigenvalue weighted by atomic mass is 9.93. The minimum atomic E-state index is -0.477.